The van der Waals surface area contributed by atoms with Gasteiger partial charge in [0.25, 0.3) is 0 Å². The van der Waals surface area contributed by atoms with Gasteiger partial charge in [-0.1, -0.05) is 272 Å². The molecule has 0 spiro atoms. The van der Waals surface area contributed by atoms with Crippen molar-refractivity contribution in [3.05, 3.63) is 97.2 Å². The van der Waals surface area contributed by atoms with E-state index in [0.717, 1.165) is 89.9 Å². The number of hydrogen-bond donors (Lipinski definition) is 0. The average Bonchev–Trinajstić information content (AvgIpc) is 3.44. The predicted octanol–water partition coefficient (Wildman–Crippen LogP) is 19.1. The number of carbonyl (C=O) groups is 3. The van der Waals surface area contributed by atoms with Crippen molar-refractivity contribution < 1.29 is 42.9 Å². The van der Waals surface area contributed by atoms with Crippen LogP contribution in [0.25, 0.3) is 0 Å². The van der Waals surface area contributed by atoms with Gasteiger partial charge in [0, 0.05) is 12.8 Å². The van der Waals surface area contributed by atoms with E-state index in [-0.39, 0.29) is 38.6 Å². The van der Waals surface area contributed by atoms with Crippen molar-refractivity contribution in [1.29, 1.82) is 0 Å². The van der Waals surface area contributed by atoms with E-state index in [1.807, 2.05) is 21.1 Å². The first kappa shape index (κ1) is 77.2. The highest BCUT2D eigenvalue weighted by Gasteiger charge is 2.22. The van der Waals surface area contributed by atoms with Crippen LogP contribution in [0.3, 0.4) is 0 Å². The van der Waals surface area contributed by atoms with Crippen LogP contribution in [-0.4, -0.2) is 82.3 Å². The molecule has 0 aromatic carbocycles. The molecule has 466 valence electrons. The number of likely N-dealkylation sites (N-methyl/N-ethyl adjacent to an activating group) is 1. The lowest BCUT2D eigenvalue weighted by Gasteiger charge is -2.26. The molecule has 0 saturated heterocycles. The fourth-order valence-corrected chi connectivity index (χ4v) is 9.22. The molecule has 9 nitrogen and oxygen atoms in total. The highest BCUT2D eigenvalue weighted by Crippen LogP contribution is 2.17. The molecule has 0 bridgehead atoms. The molecule has 0 aromatic heterocycles. The fourth-order valence-electron chi connectivity index (χ4n) is 9.22. The number of esters is 2. The number of hydrogen-bond acceptors (Lipinski definition) is 8. The third kappa shape index (κ3) is 63.6. The summed E-state index contributed by atoms with van der Waals surface area (Å²) >= 11 is 0. The van der Waals surface area contributed by atoms with Gasteiger partial charge < -0.3 is 33.3 Å². The van der Waals surface area contributed by atoms with Crippen molar-refractivity contribution in [2.75, 3.05) is 47.5 Å². The second-order valence-electron chi connectivity index (χ2n) is 23.4. The Labute approximate surface area is 499 Å². The van der Waals surface area contributed by atoms with Crippen molar-refractivity contribution in [3.63, 3.8) is 0 Å². The van der Waals surface area contributed by atoms with E-state index >= 15 is 0 Å². The Kier molecular flexibility index (Phi) is 59.3. The third-order valence-electron chi connectivity index (χ3n) is 14.3. The molecule has 0 fully saturated rings. The Bertz CT molecular complexity index is 1650. The van der Waals surface area contributed by atoms with Crippen LogP contribution in [0.15, 0.2) is 97.2 Å². The molecule has 2 unspecified atom stereocenters. The minimum atomic E-state index is -1.63. The normalized spacial score (nSPS) is 13.3. The molecule has 0 saturated carbocycles. The van der Waals surface area contributed by atoms with Crippen molar-refractivity contribution in [2.24, 2.45) is 0 Å². The maximum Gasteiger partial charge on any atom is 0.306 e. The zero-order valence-corrected chi connectivity index (χ0v) is 53.1. The number of unbranched alkanes of at least 4 members (excludes halogenated alkanes) is 30. The summed E-state index contributed by atoms with van der Waals surface area (Å²) in [5.41, 5.74) is 0. The molecule has 9 heteroatoms. The molecule has 0 N–H and O–H groups in total. The van der Waals surface area contributed by atoms with Gasteiger partial charge in [-0.3, -0.25) is 9.59 Å². The number of aliphatic carboxylic acids is 1. The number of ether oxygens (including phenoxy) is 4. The molecule has 0 heterocycles. The van der Waals surface area contributed by atoms with Gasteiger partial charge in [-0.25, -0.2) is 0 Å². The van der Waals surface area contributed by atoms with Crippen LogP contribution >= 0.6 is 0 Å². The lowest BCUT2D eigenvalue weighted by molar-refractivity contribution is -0.870. The first-order valence-corrected chi connectivity index (χ1v) is 33.4. The molecule has 0 amide bonds. The van der Waals surface area contributed by atoms with Crippen LogP contribution in [-0.2, 0) is 33.3 Å². The Morgan fingerprint density at radius 2 is 0.704 bits per heavy atom. The van der Waals surface area contributed by atoms with Crippen LogP contribution in [0.2, 0.25) is 0 Å². The van der Waals surface area contributed by atoms with E-state index in [1.165, 1.54) is 161 Å². The van der Waals surface area contributed by atoms with Crippen LogP contribution in [0, 0.1) is 0 Å². The molecular formula is C72H125NO8. The monoisotopic (exact) mass is 1130 g/mol. The zero-order chi connectivity index (χ0) is 59.1. The van der Waals surface area contributed by atoms with Gasteiger partial charge in [-0.2, -0.15) is 0 Å². The minimum absolute atomic E-state index is 0.143. The topological polar surface area (TPSA) is 111 Å². The molecule has 0 aliphatic heterocycles. The quantitative estimate of drug-likeness (QED) is 0.0195. The third-order valence-corrected chi connectivity index (χ3v) is 14.3. The number of carboxylic acid groups (broad SMARTS) is 1. The lowest BCUT2D eigenvalue weighted by Crippen LogP contribution is -2.44. The average molecular weight is 1130 g/mol. The van der Waals surface area contributed by atoms with E-state index < -0.39 is 24.3 Å². The number of carboxylic acids is 1. The molecule has 0 aliphatic rings. The summed E-state index contributed by atoms with van der Waals surface area (Å²) in [5.74, 6) is -2.29. The smallest absolute Gasteiger partial charge is 0.306 e. The highest BCUT2D eigenvalue weighted by molar-refractivity contribution is 5.70. The first-order chi connectivity index (χ1) is 39.6. The molecule has 2 atom stereocenters. The number of rotatable bonds is 61. The second-order valence-corrected chi connectivity index (χ2v) is 23.4. The largest absolute Gasteiger partial charge is 0.545 e. The number of allylic oxidation sites excluding steroid dienone is 16. The Balaban J connectivity index is 4.15. The summed E-state index contributed by atoms with van der Waals surface area (Å²) in [6.07, 6.45) is 81.9. The Morgan fingerprint density at radius 1 is 0.383 bits per heavy atom. The standard InChI is InChI=1S/C72H125NO8/c1-6-8-10-12-14-16-18-20-22-24-26-28-30-32-33-34-35-36-37-39-40-42-44-46-48-50-52-54-56-58-60-62-69(74)79-66-68(67-80-72(71(76)77)78-65-64-73(3,4)5)81-70(75)63-61-59-57-55-53-51-49-47-45-43-41-38-31-29-27-25-23-21-19-17-15-13-11-9-7-2/h9,11,15,17-18,20-21,23-24,26-27,29-30,32,38,41,68,72H,6-8,10,12-14,16,19,22,25,28,31,33-37,39-40,42-67H2,1-5H3/b11-9-,17-15-,20-18-,23-21-,26-24-,29-27-,32-30-,41-38-. The molecular weight excluding hydrogens is 1010 g/mol. The maximum atomic E-state index is 12.9. The van der Waals surface area contributed by atoms with Gasteiger partial charge in [-0.05, 0) is 96.3 Å². The van der Waals surface area contributed by atoms with Gasteiger partial charge in [0.05, 0.1) is 40.3 Å². The first-order valence-electron chi connectivity index (χ1n) is 33.4. The summed E-state index contributed by atoms with van der Waals surface area (Å²) in [5, 5.41) is 11.8. The van der Waals surface area contributed by atoms with E-state index in [0.29, 0.717) is 17.4 Å². The summed E-state index contributed by atoms with van der Waals surface area (Å²) in [6, 6.07) is 0. The fraction of sp³-hybridized carbons (Fsp3) is 0.736. The lowest BCUT2D eigenvalue weighted by atomic mass is 10.0. The molecule has 81 heavy (non-hydrogen) atoms. The summed E-state index contributed by atoms with van der Waals surface area (Å²) < 4.78 is 22.8. The number of carbonyl (C=O) groups excluding carboxylic acids is 3. The minimum Gasteiger partial charge on any atom is -0.545 e. The highest BCUT2D eigenvalue weighted by atomic mass is 16.7. The van der Waals surface area contributed by atoms with E-state index in [2.05, 4.69) is 111 Å². The van der Waals surface area contributed by atoms with Crippen LogP contribution in [0.5, 0.6) is 0 Å². The van der Waals surface area contributed by atoms with Crippen LogP contribution < -0.4 is 5.11 Å². The van der Waals surface area contributed by atoms with Crippen LogP contribution in [0.1, 0.15) is 284 Å². The summed E-state index contributed by atoms with van der Waals surface area (Å²) in [6.45, 7) is 4.63. The van der Waals surface area contributed by atoms with Gasteiger partial charge in [0.1, 0.15) is 13.2 Å². The number of nitrogens with zero attached hydrogens (tertiary/aromatic N) is 1. The van der Waals surface area contributed by atoms with Crippen molar-refractivity contribution >= 4 is 17.9 Å². The Morgan fingerprint density at radius 3 is 1.05 bits per heavy atom. The van der Waals surface area contributed by atoms with E-state index in [1.54, 1.807) is 0 Å². The summed E-state index contributed by atoms with van der Waals surface area (Å²) in [4.78, 5) is 37.4. The molecule has 0 aliphatic carbocycles. The second kappa shape index (κ2) is 62.3. The zero-order valence-electron chi connectivity index (χ0n) is 53.1. The molecule has 0 rings (SSSR count). The SMILES string of the molecule is CC/C=C\C/C=C\C/C=C\C/C=C\C/C=C\CCCCCCCCCCCC(=O)OC(COC(=O)CCCCCCCCCCCCCCCCCC/C=C\C/C=C\C/C=C\CCCCCCC)COC(OCC[N+](C)(C)C)C(=O)[O-]. The molecule has 0 radical (unpaired) electrons. The van der Waals surface area contributed by atoms with Crippen molar-refractivity contribution in [1.82, 2.24) is 0 Å². The van der Waals surface area contributed by atoms with Crippen molar-refractivity contribution in [3.8, 4) is 0 Å². The van der Waals surface area contributed by atoms with Crippen molar-refractivity contribution in [2.45, 2.75) is 296 Å². The summed E-state index contributed by atoms with van der Waals surface area (Å²) in [7, 11) is 5.92. The maximum absolute atomic E-state index is 12.9. The number of quaternary nitrogens is 1. The predicted molar refractivity (Wildman–Crippen MR) is 343 cm³/mol. The van der Waals surface area contributed by atoms with Gasteiger partial charge in [-0.15, -0.1) is 0 Å². The van der Waals surface area contributed by atoms with Gasteiger partial charge in [0.15, 0.2) is 12.4 Å². The van der Waals surface area contributed by atoms with Gasteiger partial charge >= 0.3 is 11.9 Å². The Hall–Kier alpha value is -3.79. The van der Waals surface area contributed by atoms with Gasteiger partial charge in [0.2, 0.25) is 0 Å². The molecule has 0 aromatic rings. The van der Waals surface area contributed by atoms with E-state index in [4.69, 9.17) is 18.9 Å². The van der Waals surface area contributed by atoms with E-state index in [9.17, 15) is 19.5 Å². The van der Waals surface area contributed by atoms with Crippen LogP contribution in [0.4, 0.5) is 0 Å².